The second-order valence-electron chi connectivity index (χ2n) is 6.94. The van der Waals surface area contributed by atoms with E-state index in [1.165, 1.54) is 0 Å². The molecule has 0 aliphatic rings. The zero-order chi connectivity index (χ0) is 21.9. The van der Waals surface area contributed by atoms with Crippen LogP contribution in [0, 0.1) is 0 Å². The molecule has 8 nitrogen and oxygen atoms in total. The van der Waals surface area contributed by atoms with Gasteiger partial charge in [-0.3, -0.25) is 14.4 Å². The van der Waals surface area contributed by atoms with Crippen LogP contribution in [-0.4, -0.2) is 50.6 Å². The van der Waals surface area contributed by atoms with Crippen LogP contribution in [0.25, 0.3) is 0 Å². The van der Waals surface area contributed by atoms with Crippen molar-refractivity contribution < 1.29 is 19.1 Å². The van der Waals surface area contributed by atoms with Crippen molar-refractivity contribution in [1.82, 2.24) is 10.6 Å². The number of benzene rings is 2. The number of anilines is 2. The first-order valence-electron chi connectivity index (χ1n) is 9.71. The van der Waals surface area contributed by atoms with E-state index in [0.29, 0.717) is 35.7 Å². The lowest BCUT2D eigenvalue weighted by molar-refractivity contribution is -0.114. The Kier molecular flexibility index (Phi) is 8.83. The molecule has 0 aliphatic carbocycles. The van der Waals surface area contributed by atoms with Crippen LogP contribution in [0.5, 0.6) is 0 Å². The quantitative estimate of drug-likeness (QED) is 0.448. The highest BCUT2D eigenvalue weighted by molar-refractivity contribution is 5.98. The first-order valence-corrected chi connectivity index (χ1v) is 9.71. The highest BCUT2D eigenvalue weighted by Gasteiger charge is 2.10. The zero-order valence-electron chi connectivity index (χ0n) is 17.5. The van der Waals surface area contributed by atoms with Crippen molar-refractivity contribution in [3.63, 3.8) is 0 Å². The molecule has 0 heterocycles. The second kappa shape index (κ2) is 11.6. The molecule has 0 radical (unpaired) electrons. The maximum absolute atomic E-state index is 12.3. The maximum atomic E-state index is 12.3. The minimum Gasteiger partial charge on any atom is -0.383 e. The van der Waals surface area contributed by atoms with Gasteiger partial charge in [-0.2, -0.15) is 0 Å². The summed E-state index contributed by atoms with van der Waals surface area (Å²) in [6.45, 7) is 4.63. The van der Waals surface area contributed by atoms with E-state index in [4.69, 9.17) is 4.74 Å². The summed E-state index contributed by atoms with van der Waals surface area (Å²) in [6.07, 6.45) is 0. The van der Waals surface area contributed by atoms with E-state index in [1.54, 1.807) is 55.6 Å². The zero-order valence-corrected chi connectivity index (χ0v) is 17.5. The Hall–Kier alpha value is -3.39. The topological polar surface area (TPSA) is 109 Å². The van der Waals surface area contributed by atoms with Gasteiger partial charge in [0.15, 0.2) is 0 Å². The van der Waals surface area contributed by atoms with Gasteiger partial charge in [-0.15, -0.1) is 0 Å². The molecule has 0 atom stereocenters. The molecule has 3 amide bonds. The maximum Gasteiger partial charge on any atom is 0.251 e. The van der Waals surface area contributed by atoms with Gasteiger partial charge in [0.2, 0.25) is 5.91 Å². The monoisotopic (exact) mass is 412 g/mol. The molecule has 160 valence electrons. The van der Waals surface area contributed by atoms with Gasteiger partial charge in [-0.1, -0.05) is 12.1 Å². The minimum atomic E-state index is -0.274. The molecular weight excluding hydrogens is 384 g/mol. The molecule has 2 aromatic rings. The summed E-state index contributed by atoms with van der Waals surface area (Å²) in [5.41, 5.74) is 2.14. The predicted molar refractivity (Wildman–Crippen MR) is 117 cm³/mol. The molecule has 2 aromatic carbocycles. The third-order valence-electron chi connectivity index (χ3n) is 4.00. The molecule has 0 saturated carbocycles. The number of hydrogen-bond donors (Lipinski definition) is 4. The number of carbonyl (C=O) groups is 3. The Labute approximate surface area is 176 Å². The molecule has 0 fully saturated rings. The van der Waals surface area contributed by atoms with Crippen LogP contribution >= 0.6 is 0 Å². The van der Waals surface area contributed by atoms with Gasteiger partial charge in [-0.25, -0.2) is 0 Å². The van der Waals surface area contributed by atoms with Crippen LogP contribution in [0.4, 0.5) is 11.4 Å². The van der Waals surface area contributed by atoms with E-state index in [2.05, 4.69) is 21.3 Å². The van der Waals surface area contributed by atoms with Gasteiger partial charge >= 0.3 is 0 Å². The Morgan fingerprint density at radius 3 is 2.23 bits per heavy atom. The van der Waals surface area contributed by atoms with Crippen LogP contribution in [0.15, 0.2) is 48.5 Å². The molecular formula is C22H28N4O4. The van der Waals surface area contributed by atoms with E-state index in [9.17, 15) is 14.4 Å². The summed E-state index contributed by atoms with van der Waals surface area (Å²) in [4.78, 5) is 36.5. The van der Waals surface area contributed by atoms with Gasteiger partial charge in [0.25, 0.3) is 11.8 Å². The minimum absolute atomic E-state index is 0.0134. The van der Waals surface area contributed by atoms with E-state index < -0.39 is 0 Å². The third kappa shape index (κ3) is 7.56. The van der Waals surface area contributed by atoms with Crippen molar-refractivity contribution in [1.29, 1.82) is 0 Å². The molecule has 8 heteroatoms. The number of nitrogens with one attached hydrogen (secondary N) is 4. The smallest absolute Gasteiger partial charge is 0.251 e. The molecule has 0 spiro atoms. The first kappa shape index (κ1) is 22.9. The first-order chi connectivity index (χ1) is 14.4. The summed E-state index contributed by atoms with van der Waals surface area (Å²) in [5, 5.41) is 11.3. The average Bonchev–Trinajstić information content (AvgIpc) is 2.72. The highest BCUT2D eigenvalue weighted by atomic mass is 16.5. The van der Waals surface area contributed by atoms with Crippen molar-refractivity contribution >= 4 is 29.1 Å². The van der Waals surface area contributed by atoms with Gasteiger partial charge in [0, 0.05) is 42.2 Å². The number of carbonyl (C=O) groups excluding carboxylic acids is 3. The van der Waals surface area contributed by atoms with Gasteiger partial charge < -0.3 is 26.0 Å². The number of ether oxygens (including phenoxy) is 1. The lowest BCUT2D eigenvalue weighted by Gasteiger charge is -2.11. The molecule has 0 aromatic heterocycles. The predicted octanol–water partition coefficient (Wildman–Crippen LogP) is 2.25. The van der Waals surface area contributed by atoms with Crippen molar-refractivity contribution in [3.05, 3.63) is 59.7 Å². The third-order valence-corrected chi connectivity index (χ3v) is 4.00. The SMILES string of the molecule is COCCNC(=O)c1cccc(NC(=O)CNc2cccc(C(=O)NC(C)C)c2)c1. The van der Waals surface area contributed by atoms with Crippen LogP contribution < -0.4 is 21.3 Å². The van der Waals surface area contributed by atoms with Crippen LogP contribution in [0.3, 0.4) is 0 Å². The normalized spacial score (nSPS) is 10.4. The lowest BCUT2D eigenvalue weighted by Crippen LogP contribution is -2.30. The van der Waals surface area contributed by atoms with E-state index in [0.717, 1.165) is 0 Å². The van der Waals surface area contributed by atoms with E-state index >= 15 is 0 Å². The number of amides is 3. The standard InChI is InChI=1S/C22H28N4O4/c1-15(2)25-22(29)17-7-4-8-18(12-17)24-14-20(27)26-19-9-5-6-16(13-19)21(28)23-10-11-30-3/h4-9,12-13,15,24H,10-11,14H2,1-3H3,(H,23,28)(H,25,29)(H,26,27). The molecule has 0 unspecified atom stereocenters. The second-order valence-corrected chi connectivity index (χ2v) is 6.94. The van der Waals surface area contributed by atoms with Crippen molar-refractivity contribution in [3.8, 4) is 0 Å². The van der Waals surface area contributed by atoms with E-state index in [1.807, 2.05) is 13.8 Å². The molecule has 0 bridgehead atoms. The average molecular weight is 412 g/mol. The van der Waals surface area contributed by atoms with Crippen LogP contribution in [-0.2, 0) is 9.53 Å². The summed E-state index contributed by atoms with van der Waals surface area (Å²) in [7, 11) is 1.56. The largest absolute Gasteiger partial charge is 0.383 e. The van der Waals surface area contributed by atoms with E-state index in [-0.39, 0.29) is 30.3 Å². The summed E-state index contributed by atoms with van der Waals surface area (Å²) in [6, 6.07) is 13.7. The summed E-state index contributed by atoms with van der Waals surface area (Å²) in [5.74, 6) is -0.680. The Morgan fingerprint density at radius 2 is 1.57 bits per heavy atom. The Balaban J connectivity index is 1.90. The fourth-order valence-electron chi connectivity index (χ4n) is 2.61. The molecule has 4 N–H and O–H groups in total. The number of hydrogen-bond acceptors (Lipinski definition) is 5. The lowest BCUT2D eigenvalue weighted by atomic mass is 10.1. The number of methoxy groups -OCH3 is 1. The number of rotatable bonds is 10. The molecule has 30 heavy (non-hydrogen) atoms. The summed E-state index contributed by atoms with van der Waals surface area (Å²) >= 11 is 0. The van der Waals surface area contributed by atoms with Gasteiger partial charge in [0.1, 0.15) is 0 Å². The summed E-state index contributed by atoms with van der Waals surface area (Å²) < 4.78 is 4.90. The van der Waals surface area contributed by atoms with Crippen molar-refractivity contribution in [2.45, 2.75) is 19.9 Å². The Morgan fingerprint density at radius 1 is 0.933 bits per heavy atom. The highest BCUT2D eigenvalue weighted by Crippen LogP contribution is 2.12. The van der Waals surface area contributed by atoms with Crippen molar-refractivity contribution in [2.75, 3.05) is 37.4 Å². The Bertz CT molecular complexity index is 883. The fraction of sp³-hybridized carbons (Fsp3) is 0.318. The van der Waals surface area contributed by atoms with Gasteiger partial charge in [-0.05, 0) is 50.2 Å². The van der Waals surface area contributed by atoms with Crippen LogP contribution in [0.2, 0.25) is 0 Å². The molecule has 0 saturated heterocycles. The van der Waals surface area contributed by atoms with Crippen LogP contribution in [0.1, 0.15) is 34.6 Å². The fourth-order valence-corrected chi connectivity index (χ4v) is 2.61. The van der Waals surface area contributed by atoms with Gasteiger partial charge in [0.05, 0.1) is 13.2 Å². The molecule has 2 rings (SSSR count). The molecule has 0 aliphatic heterocycles. The van der Waals surface area contributed by atoms with Crippen molar-refractivity contribution in [2.24, 2.45) is 0 Å².